The van der Waals surface area contributed by atoms with Crippen LogP contribution in [0.2, 0.25) is 0 Å². The molecule has 0 spiro atoms. The molecule has 126 valence electrons. The number of aliphatic hydroxyl groups excluding tert-OH is 1. The number of hydrogen-bond acceptors (Lipinski definition) is 5. The lowest BCUT2D eigenvalue weighted by Gasteiger charge is -2.16. The van der Waals surface area contributed by atoms with E-state index in [9.17, 15) is 5.11 Å². The number of aliphatic hydroxyl groups is 1. The minimum atomic E-state index is -0.310. The standard InChI is InChI=1S/C19H18N4O2/c24-15-6-3-5-13(15)21-18-8-9-19-20-11-14(23(19)22-18)17-10-12-4-1-2-7-16(12)25-17/h1-2,4,7-11,13,15,24H,3,5-6H2,(H,21,22). The number of anilines is 1. The van der Waals surface area contributed by atoms with E-state index in [1.807, 2.05) is 42.5 Å². The van der Waals surface area contributed by atoms with Crippen molar-refractivity contribution in [3.05, 3.63) is 48.7 Å². The van der Waals surface area contributed by atoms with Crippen molar-refractivity contribution in [2.24, 2.45) is 0 Å². The van der Waals surface area contributed by atoms with Crippen molar-refractivity contribution in [1.29, 1.82) is 0 Å². The molecule has 5 rings (SSSR count). The van der Waals surface area contributed by atoms with Crippen LogP contribution in [-0.4, -0.2) is 31.9 Å². The second kappa shape index (κ2) is 5.60. The summed E-state index contributed by atoms with van der Waals surface area (Å²) in [6.45, 7) is 0. The van der Waals surface area contributed by atoms with Crippen molar-refractivity contribution in [3.8, 4) is 11.5 Å². The maximum atomic E-state index is 10.0. The molecule has 0 saturated heterocycles. The van der Waals surface area contributed by atoms with Crippen LogP contribution in [0.25, 0.3) is 28.1 Å². The van der Waals surface area contributed by atoms with Crippen LogP contribution in [0.3, 0.4) is 0 Å². The molecular formula is C19H18N4O2. The number of imidazole rings is 1. The zero-order valence-electron chi connectivity index (χ0n) is 13.6. The Morgan fingerprint density at radius 1 is 1.16 bits per heavy atom. The fourth-order valence-corrected chi connectivity index (χ4v) is 3.53. The van der Waals surface area contributed by atoms with E-state index in [0.717, 1.165) is 53.2 Å². The Kier molecular flexibility index (Phi) is 3.24. The third kappa shape index (κ3) is 2.46. The van der Waals surface area contributed by atoms with Crippen LogP contribution in [-0.2, 0) is 0 Å². The molecule has 25 heavy (non-hydrogen) atoms. The van der Waals surface area contributed by atoms with Crippen LogP contribution in [0.15, 0.2) is 53.1 Å². The van der Waals surface area contributed by atoms with Gasteiger partial charge in [-0.3, -0.25) is 0 Å². The SMILES string of the molecule is OC1CCCC1Nc1ccc2ncc(-c3cc4ccccc4o3)n2n1. The van der Waals surface area contributed by atoms with Gasteiger partial charge in [-0.05, 0) is 43.5 Å². The zero-order chi connectivity index (χ0) is 16.8. The van der Waals surface area contributed by atoms with Crippen molar-refractivity contribution < 1.29 is 9.52 Å². The van der Waals surface area contributed by atoms with Gasteiger partial charge in [-0.1, -0.05) is 18.2 Å². The highest BCUT2D eigenvalue weighted by atomic mass is 16.3. The Morgan fingerprint density at radius 2 is 2.08 bits per heavy atom. The lowest BCUT2D eigenvalue weighted by Crippen LogP contribution is -2.28. The van der Waals surface area contributed by atoms with Gasteiger partial charge in [-0.25, -0.2) is 9.50 Å². The van der Waals surface area contributed by atoms with Crippen molar-refractivity contribution in [2.75, 3.05) is 5.32 Å². The van der Waals surface area contributed by atoms with Gasteiger partial charge < -0.3 is 14.8 Å². The largest absolute Gasteiger partial charge is 0.454 e. The fraction of sp³-hybridized carbons (Fsp3) is 0.263. The molecule has 3 heterocycles. The molecule has 1 fully saturated rings. The van der Waals surface area contributed by atoms with E-state index < -0.39 is 0 Å². The first-order valence-electron chi connectivity index (χ1n) is 8.56. The summed E-state index contributed by atoms with van der Waals surface area (Å²) in [4.78, 5) is 4.42. The number of para-hydroxylation sites is 1. The molecule has 0 radical (unpaired) electrons. The molecule has 2 N–H and O–H groups in total. The van der Waals surface area contributed by atoms with Gasteiger partial charge in [-0.2, -0.15) is 0 Å². The van der Waals surface area contributed by atoms with E-state index in [0.29, 0.717) is 0 Å². The van der Waals surface area contributed by atoms with Crippen molar-refractivity contribution in [2.45, 2.75) is 31.4 Å². The number of benzene rings is 1. The van der Waals surface area contributed by atoms with Gasteiger partial charge in [0.1, 0.15) is 17.1 Å². The summed E-state index contributed by atoms with van der Waals surface area (Å²) >= 11 is 0. The van der Waals surface area contributed by atoms with E-state index in [4.69, 9.17) is 4.42 Å². The molecule has 6 nitrogen and oxygen atoms in total. The lowest BCUT2D eigenvalue weighted by molar-refractivity contribution is 0.171. The highest BCUT2D eigenvalue weighted by Gasteiger charge is 2.25. The van der Waals surface area contributed by atoms with Crippen molar-refractivity contribution >= 4 is 22.4 Å². The molecule has 1 aliphatic rings. The number of furan rings is 1. The molecule has 2 atom stereocenters. The molecule has 1 saturated carbocycles. The Morgan fingerprint density at radius 3 is 2.92 bits per heavy atom. The predicted molar refractivity (Wildman–Crippen MR) is 95.5 cm³/mol. The number of fused-ring (bicyclic) bond motifs is 2. The maximum Gasteiger partial charge on any atom is 0.155 e. The quantitative estimate of drug-likeness (QED) is 0.600. The molecule has 2 unspecified atom stereocenters. The third-order valence-corrected chi connectivity index (χ3v) is 4.85. The Hall–Kier alpha value is -2.86. The van der Waals surface area contributed by atoms with Crippen molar-refractivity contribution in [1.82, 2.24) is 14.6 Å². The number of aromatic nitrogens is 3. The van der Waals surface area contributed by atoms with Gasteiger partial charge in [0.25, 0.3) is 0 Å². The average molecular weight is 334 g/mol. The van der Waals surface area contributed by atoms with Gasteiger partial charge in [0, 0.05) is 5.39 Å². The van der Waals surface area contributed by atoms with E-state index >= 15 is 0 Å². The number of rotatable bonds is 3. The summed E-state index contributed by atoms with van der Waals surface area (Å²) in [5.41, 5.74) is 2.41. The number of hydrogen-bond donors (Lipinski definition) is 2. The first-order valence-corrected chi connectivity index (χ1v) is 8.56. The second-order valence-electron chi connectivity index (χ2n) is 6.53. The van der Waals surface area contributed by atoms with E-state index in [1.165, 1.54) is 0 Å². The highest BCUT2D eigenvalue weighted by molar-refractivity contribution is 5.82. The summed E-state index contributed by atoms with van der Waals surface area (Å²) < 4.78 is 7.73. The predicted octanol–water partition coefficient (Wildman–Crippen LogP) is 3.47. The maximum absolute atomic E-state index is 10.0. The van der Waals surface area contributed by atoms with Crippen molar-refractivity contribution in [3.63, 3.8) is 0 Å². The second-order valence-corrected chi connectivity index (χ2v) is 6.53. The Bertz CT molecular complexity index is 1020. The van der Waals surface area contributed by atoms with Crippen LogP contribution in [0.4, 0.5) is 5.82 Å². The van der Waals surface area contributed by atoms with Crippen LogP contribution in [0, 0.1) is 0 Å². The average Bonchev–Trinajstić information content (AvgIpc) is 3.33. The third-order valence-electron chi connectivity index (χ3n) is 4.85. The molecule has 1 aromatic carbocycles. The summed E-state index contributed by atoms with van der Waals surface area (Å²) in [6, 6.07) is 13.8. The Balaban J connectivity index is 1.55. The first-order chi connectivity index (χ1) is 12.3. The molecule has 0 amide bonds. The van der Waals surface area contributed by atoms with Gasteiger partial charge in [0.15, 0.2) is 11.4 Å². The molecule has 3 aromatic heterocycles. The van der Waals surface area contributed by atoms with Crippen LogP contribution >= 0.6 is 0 Å². The van der Waals surface area contributed by atoms with Gasteiger partial charge in [-0.15, -0.1) is 5.10 Å². The molecule has 1 aliphatic carbocycles. The number of nitrogens with one attached hydrogen (secondary N) is 1. The minimum Gasteiger partial charge on any atom is -0.454 e. The van der Waals surface area contributed by atoms with E-state index in [2.05, 4.69) is 15.4 Å². The normalized spacial score (nSPS) is 20.5. The molecule has 4 aromatic rings. The van der Waals surface area contributed by atoms with Gasteiger partial charge in [0.05, 0.1) is 18.3 Å². The van der Waals surface area contributed by atoms with Crippen LogP contribution in [0.1, 0.15) is 19.3 Å². The topological polar surface area (TPSA) is 75.6 Å². The molecular weight excluding hydrogens is 316 g/mol. The summed E-state index contributed by atoms with van der Waals surface area (Å²) in [7, 11) is 0. The van der Waals surface area contributed by atoms with E-state index in [1.54, 1.807) is 10.7 Å². The highest BCUT2D eigenvalue weighted by Crippen LogP contribution is 2.28. The summed E-state index contributed by atoms with van der Waals surface area (Å²) in [5, 5.41) is 19.1. The monoisotopic (exact) mass is 334 g/mol. The van der Waals surface area contributed by atoms with E-state index in [-0.39, 0.29) is 12.1 Å². The summed E-state index contributed by atoms with van der Waals surface area (Å²) in [6.07, 6.45) is 4.30. The fourth-order valence-electron chi connectivity index (χ4n) is 3.53. The minimum absolute atomic E-state index is 0.0584. The Labute approximate surface area is 144 Å². The summed E-state index contributed by atoms with van der Waals surface area (Å²) in [5.74, 6) is 1.47. The van der Waals surface area contributed by atoms with Crippen LogP contribution < -0.4 is 5.32 Å². The molecule has 6 heteroatoms. The zero-order valence-corrected chi connectivity index (χ0v) is 13.6. The molecule has 0 bridgehead atoms. The van der Waals surface area contributed by atoms with Gasteiger partial charge >= 0.3 is 0 Å². The smallest absolute Gasteiger partial charge is 0.155 e. The van der Waals surface area contributed by atoms with Gasteiger partial charge in [0.2, 0.25) is 0 Å². The lowest BCUT2D eigenvalue weighted by atomic mass is 10.2. The molecule has 0 aliphatic heterocycles. The van der Waals surface area contributed by atoms with Crippen LogP contribution in [0.5, 0.6) is 0 Å². The number of nitrogens with zero attached hydrogens (tertiary/aromatic N) is 3. The first kappa shape index (κ1) is 14.5.